The number of rotatable bonds is 6. The zero-order chi connectivity index (χ0) is 16.4. The Morgan fingerprint density at radius 2 is 1.62 bits per heavy atom. The van der Waals surface area contributed by atoms with E-state index < -0.39 is 8.32 Å². The standard InChI is InChI=1S/C19H34OSi/c1-13(2)18-11-10-17(9)19(12-18)20-21(14(3)4,15(5)6)16(7)8/h10,12,14-16,18H,1,11H2,2-9H3/t18-/m1/s1. The van der Waals surface area contributed by atoms with Crippen molar-refractivity contribution in [2.75, 3.05) is 0 Å². The smallest absolute Gasteiger partial charge is 0.258 e. The Balaban J connectivity index is 3.18. The molecule has 120 valence electrons. The van der Waals surface area contributed by atoms with E-state index in [0.29, 0.717) is 22.5 Å². The van der Waals surface area contributed by atoms with Crippen LogP contribution in [-0.2, 0) is 4.43 Å². The predicted octanol–water partition coefficient (Wildman–Crippen LogP) is 6.60. The maximum Gasteiger partial charge on any atom is 0.258 e. The fourth-order valence-corrected chi connectivity index (χ4v) is 9.11. The van der Waals surface area contributed by atoms with Gasteiger partial charge in [0.1, 0.15) is 5.76 Å². The van der Waals surface area contributed by atoms with Crippen molar-refractivity contribution in [1.82, 2.24) is 0 Å². The van der Waals surface area contributed by atoms with Gasteiger partial charge in [-0.1, -0.05) is 59.8 Å². The van der Waals surface area contributed by atoms with Crippen molar-refractivity contribution < 1.29 is 4.43 Å². The molecule has 2 heteroatoms. The van der Waals surface area contributed by atoms with Crippen molar-refractivity contribution in [2.24, 2.45) is 5.92 Å². The lowest BCUT2D eigenvalue weighted by Gasteiger charge is -2.43. The van der Waals surface area contributed by atoms with E-state index in [1.165, 1.54) is 11.1 Å². The SMILES string of the molecule is C=C(C)[C@H]1C=C(O[Si](C(C)C)(C(C)C)C(C)C)C(C)=CC1. The first-order chi connectivity index (χ1) is 9.62. The molecule has 0 radical (unpaired) electrons. The number of hydrogen-bond acceptors (Lipinski definition) is 1. The molecule has 1 atom stereocenters. The first-order valence-electron chi connectivity index (χ1n) is 8.36. The molecule has 1 aliphatic rings. The van der Waals surface area contributed by atoms with Gasteiger partial charge in [-0.05, 0) is 48.5 Å². The molecule has 0 unspecified atom stereocenters. The zero-order valence-corrected chi connectivity index (χ0v) is 16.3. The lowest BCUT2D eigenvalue weighted by molar-refractivity contribution is 0.372. The maximum absolute atomic E-state index is 6.85. The van der Waals surface area contributed by atoms with E-state index in [4.69, 9.17) is 4.43 Å². The van der Waals surface area contributed by atoms with Gasteiger partial charge in [0.15, 0.2) is 0 Å². The fraction of sp³-hybridized carbons (Fsp3) is 0.684. The van der Waals surface area contributed by atoms with Crippen molar-refractivity contribution in [1.29, 1.82) is 0 Å². The normalized spacial score (nSPS) is 19.9. The Morgan fingerprint density at radius 3 is 2.00 bits per heavy atom. The summed E-state index contributed by atoms with van der Waals surface area (Å²) >= 11 is 0. The third kappa shape index (κ3) is 3.71. The van der Waals surface area contributed by atoms with E-state index in [1.807, 2.05) is 0 Å². The molecule has 0 aromatic heterocycles. The Hall–Kier alpha value is -0.763. The van der Waals surface area contributed by atoms with Gasteiger partial charge in [0.05, 0.1) is 0 Å². The Morgan fingerprint density at radius 1 is 1.14 bits per heavy atom. The third-order valence-corrected chi connectivity index (χ3v) is 11.0. The molecule has 0 heterocycles. The summed E-state index contributed by atoms with van der Waals surface area (Å²) in [7, 11) is -1.86. The van der Waals surface area contributed by atoms with Crippen LogP contribution >= 0.6 is 0 Å². The minimum atomic E-state index is -1.86. The molecule has 1 nitrogen and oxygen atoms in total. The van der Waals surface area contributed by atoms with Gasteiger partial charge in [-0.15, -0.1) is 0 Å². The summed E-state index contributed by atoms with van der Waals surface area (Å²) in [6.45, 7) is 22.4. The minimum Gasteiger partial charge on any atom is -0.543 e. The van der Waals surface area contributed by atoms with Crippen molar-refractivity contribution in [3.63, 3.8) is 0 Å². The van der Waals surface area contributed by atoms with E-state index in [-0.39, 0.29) is 0 Å². The van der Waals surface area contributed by atoms with Gasteiger partial charge in [0.2, 0.25) is 0 Å². The molecular weight excluding hydrogens is 272 g/mol. The highest BCUT2D eigenvalue weighted by molar-refractivity contribution is 6.77. The summed E-state index contributed by atoms with van der Waals surface area (Å²) in [4.78, 5) is 0. The first kappa shape index (κ1) is 18.3. The van der Waals surface area contributed by atoms with Crippen molar-refractivity contribution in [3.05, 3.63) is 35.6 Å². The van der Waals surface area contributed by atoms with Crippen LogP contribution in [0, 0.1) is 5.92 Å². The summed E-state index contributed by atoms with van der Waals surface area (Å²) in [6.07, 6.45) is 5.69. The summed E-state index contributed by atoms with van der Waals surface area (Å²) in [5, 5.41) is 0. The summed E-state index contributed by atoms with van der Waals surface area (Å²) < 4.78 is 6.85. The molecule has 0 saturated carbocycles. The molecule has 21 heavy (non-hydrogen) atoms. The molecule has 0 spiro atoms. The van der Waals surface area contributed by atoms with Gasteiger partial charge in [-0.3, -0.25) is 0 Å². The van der Waals surface area contributed by atoms with Gasteiger partial charge in [-0.2, -0.15) is 0 Å². The van der Waals surface area contributed by atoms with Gasteiger partial charge < -0.3 is 4.43 Å². The van der Waals surface area contributed by atoms with E-state index in [1.54, 1.807) is 0 Å². The maximum atomic E-state index is 6.85. The van der Waals surface area contributed by atoms with E-state index in [9.17, 15) is 0 Å². The Bertz CT molecular complexity index is 419. The molecule has 0 fully saturated rings. The Kier molecular flexibility index (Phi) is 6.09. The highest BCUT2D eigenvalue weighted by atomic mass is 28.4. The molecule has 0 amide bonds. The van der Waals surface area contributed by atoms with Crippen molar-refractivity contribution >= 4 is 8.32 Å². The second kappa shape index (κ2) is 7.00. The van der Waals surface area contributed by atoms with Crippen LogP contribution in [0.3, 0.4) is 0 Å². The second-order valence-corrected chi connectivity index (χ2v) is 12.9. The van der Waals surface area contributed by atoms with Crippen molar-refractivity contribution in [3.8, 4) is 0 Å². The number of hydrogen-bond donors (Lipinski definition) is 0. The van der Waals surface area contributed by atoms with Gasteiger partial charge in [-0.25, -0.2) is 0 Å². The monoisotopic (exact) mass is 306 g/mol. The average molecular weight is 307 g/mol. The van der Waals surface area contributed by atoms with Crippen LogP contribution in [0.1, 0.15) is 61.8 Å². The average Bonchev–Trinajstić information content (AvgIpc) is 2.35. The van der Waals surface area contributed by atoms with Crippen molar-refractivity contribution in [2.45, 2.75) is 78.4 Å². The van der Waals surface area contributed by atoms with Gasteiger partial charge in [0, 0.05) is 5.92 Å². The third-order valence-electron chi connectivity index (χ3n) is 5.05. The van der Waals surface area contributed by atoms with Crippen LogP contribution in [0.4, 0.5) is 0 Å². The van der Waals surface area contributed by atoms with Gasteiger partial charge in [0.25, 0.3) is 8.32 Å². The molecule has 0 bridgehead atoms. The van der Waals surface area contributed by atoms with E-state index in [0.717, 1.165) is 12.2 Å². The molecule has 0 aromatic rings. The van der Waals surface area contributed by atoms with Crippen LogP contribution in [0.5, 0.6) is 0 Å². The second-order valence-electron chi connectivity index (χ2n) is 7.53. The lowest BCUT2D eigenvalue weighted by atomic mass is 9.91. The molecule has 0 aliphatic heterocycles. The highest BCUT2D eigenvalue weighted by Gasteiger charge is 2.47. The summed E-state index contributed by atoms with van der Waals surface area (Å²) in [5.41, 5.74) is 4.35. The largest absolute Gasteiger partial charge is 0.543 e. The molecule has 1 rings (SSSR count). The first-order valence-corrected chi connectivity index (χ1v) is 10.5. The number of allylic oxidation sites excluding steroid dienone is 4. The predicted molar refractivity (Wildman–Crippen MR) is 96.9 cm³/mol. The van der Waals surface area contributed by atoms with Crippen LogP contribution in [0.15, 0.2) is 35.6 Å². The fourth-order valence-electron chi connectivity index (χ4n) is 3.79. The van der Waals surface area contributed by atoms with E-state index >= 15 is 0 Å². The molecular formula is C19H34OSi. The van der Waals surface area contributed by atoms with Crippen LogP contribution in [0.2, 0.25) is 16.6 Å². The lowest BCUT2D eigenvalue weighted by Crippen LogP contribution is -2.47. The Labute approximate surface area is 133 Å². The molecule has 0 N–H and O–H groups in total. The van der Waals surface area contributed by atoms with Gasteiger partial charge >= 0.3 is 0 Å². The van der Waals surface area contributed by atoms with Crippen LogP contribution in [0.25, 0.3) is 0 Å². The molecule has 0 aromatic carbocycles. The quantitative estimate of drug-likeness (QED) is 0.396. The highest BCUT2D eigenvalue weighted by Crippen LogP contribution is 2.45. The minimum absolute atomic E-state index is 0.432. The topological polar surface area (TPSA) is 9.23 Å². The molecule has 1 aliphatic carbocycles. The summed E-state index contributed by atoms with van der Waals surface area (Å²) in [6, 6.07) is 0. The van der Waals surface area contributed by atoms with Crippen LogP contribution < -0.4 is 0 Å². The van der Waals surface area contributed by atoms with Crippen LogP contribution in [-0.4, -0.2) is 8.32 Å². The summed E-state index contributed by atoms with van der Waals surface area (Å²) in [5.74, 6) is 1.55. The van der Waals surface area contributed by atoms with E-state index in [2.05, 4.69) is 74.1 Å². The zero-order valence-electron chi connectivity index (χ0n) is 15.3. The molecule has 0 saturated heterocycles.